The van der Waals surface area contributed by atoms with E-state index >= 15 is 0 Å². The number of anilines is 1. The molecule has 1 atom stereocenters. The number of nitrogens with zero attached hydrogens (tertiary/aromatic N) is 1. The van der Waals surface area contributed by atoms with Gasteiger partial charge in [-0.1, -0.05) is 0 Å². The minimum absolute atomic E-state index is 0.165. The summed E-state index contributed by atoms with van der Waals surface area (Å²) < 4.78 is 12.8. The number of nitrogens with one attached hydrogen (secondary N) is 1. The van der Waals surface area contributed by atoms with E-state index in [0.29, 0.717) is 6.04 Å². The van der Waals surface area contributed by atoms with Crippen molar-refractivity contribution in [1.29, 1.82) is 0 Å². The SMILES string of the molecule is CC1CN(c2ccc(F)cc2)CCCCN1. The topological polar surface area (TPSA) is 15.3 Å². The molecule has 0 saturated carbocycles. The summed E-state index contributed by atoms with van der Waals surface area (Å²) in [5.74, 6) is -0.165. The molecule has 1 heterocycles. The first-order valence-electron chi connectivity index (χ1n) is 5.99. The molecular formula is C13H19FN2. The van der Waals surface area contributed by atoms with Crippen LogP contribution in [0.5, 0.6) is 0 Å². The molecular weight excluding hydrogens is 203 g/mol. The van der Waals surface area contributed by atoms with E-state index in [1.807, 2.05) is 12.1 Å². The molecule has 1 saturated heterocycles. The van der Waals surface area contributed by atoms with Gasteiger partial charge in [-0.05, 0) is 50.6 Å². The Morgan fingerprint density at radius 3 is 2.75 bits per heavy atom. The Bertz CT molecular complexity index is 323. The highest BCUT2D eigenvalue weighted by molar-refractivity contribution is 5.46. The Hall–Kier alpha value is -1.09. The van der Waals surface area contributed by atoms with E-state index < -0.39 is 0 Å². The number of hydrogen-bond donors (Lipinski definition) is 1. The average molecular weight is 222 g/mol. The van der Waals surface area contributed by atoms with Crippen LogP contribution in [0.4, 0.5) is 10.1 Å². The van der Waals surface area contributed by atoms with Crippen molar-refractivity contribution in [2.24, 2.45) is 0 Å². The zero-order valence-electron chi connectivity index (χ0n) is 9.75. The van der Waals surface area contributed by atoms with Crippen LogP contribution in [0.25, 0.3) is 0 Å². The summed E-state index contributed by atoms with van der Waals surface area (Å²) in [4.78, 5) is 2.33. The largest absolute Gasteiger partial charge is 0.370 e. The maximum Gasteiger partial charge on any atom is 0.123 e. The van der Waals surface area contributed by atoms with Gasteiger partial charge >= 0.3 is 0 Å². The first-order chi connectivity index (χ1) is 7.75. The highest BCUT2D eigenvalue weighted by Crippen LogP contribution is 2.16. The fourth-order valence-corrected chi connectivity index (χ4v) is 2.15. The van der Waals surface area contributed by atoms with E-state index in [4.69, 9.17) is 0 Å². The van der Waals surface area contributed by atoms with Crippen molar-refractivity contribution in [2.45, 2.75) is 25.8 Å². The second kappa shape index (κ2) is 5.30. The molecule has 0 radical (unpaired) electrons. The van der Waals surface area contributed by atoms with Crippen LogP contribution in [-0.4, -0.2) is 25.7 Å². The smallest absolute Gasteiger partial charge is 0.123 e. The maximum absolute atomic E-state index is 12.8. The number of rotatable bonds is 1. The molecule has 0 amide bonds. The van der Waals surface area contributed by atoms with Gasteiger partial charge in [-0.3, -0.25) is 0 Å². The van der Waals surface area contributed by atoms with Crippen molar-refractivity contribution in [3.63, 3.8) is 0 Å². The lowest BCUT2D eigenvalue weighted by Gasteiger charge is -2.30. The quantitative estimate of drug-likeness (QED) is 0.785. The second-order valence-electron chi connectivity index (χ2n) is 4.48. The maximum atomic E-state index is 12.8. The summed E-state index contributed by atoms with van der Waals surface area (Å²) in [6.45, 7) is 5.36. The van der Waals surface area contributed by atoms with Crippen LogP contribution in [0, 0.1) is 5.82 Å². The standard InChI is InChI=1S/C13H19FN2/c1-11-10-16(9-3-2-8-15-11)13-6-4-12(14)5-7-13/h4-7,11,15H,2-3,8-10H2,1H3. The Kier molecular flexibility index (Phi) is 3.78. The predicted molar refractivity (Wildman–Crippen MR) is 65.3 cm³/mol. The zero-order chi connectivity index (χ0) is 11.4. The lowest BCUT2D eigenvalue weighted by Crippen LogP contribution is -2.42. The molecule has 2 nitrogen and oxygen atoms in total. The minimum atomic E-state index is -0.165. The third-order valence-electron chi connectivity index (χ3n) is 3.03. The summed E-state index contributed by atoms with van der Waals surface area (Å²) in [6.07, 6.45) is 2.40. The molecule has 0 aliphatic carbocycles. The summed E-state index contributed by atoms with van der Waals surface area (Å²) in [5.41, 5.74) is 1.12. The van der Waals surface area contributed by atoms with Crippen LogP contribution >= 0.6 is 0 Å². The highest BCUT2D eigenvalue weighted by Gasteiger charge is 2.13. The van der Waals surface area contributed by atoms with E-state index in [-0.39, 0.29) is 5.82 Å². The molecule has 1 N–H and O–H groups in total. The predicted octanol–water partition coefficient (Wildman–Crippen LogP) is 2.40. The molecule has 88 valence electrons. The van der Waals surface area contributed by atoms with Gasteiger partial charge in [-0.15, -0.1) is 0 Å². The first kappa shape index (κ1) is 11.4. The summed E-state index contributed by atoms with van der Waals surface area (Å²) in [5, 5.41) is 3.48. The fourth-order valence-electron chi connectivity index (χ4n) is 2.15. The monoisotopic (exact) mass is 222 g/mol. The van der Waals surface area contributed by atoms with Crippen molar-refractivity contribution in [1.82, 2.24) is 5.32 Å². The van der Waals surface area contributed by atoms with Crippen LogP contribution in [0.15, 0.2) is 24.3 Å². The minimum Gasteiger partial charge on any atom is -0.370 e. The highest BCUT2D eigenvalue weighted by atomic mass is 19.1. The summed E-state index contributed by atoms with van der Waals surface area (Å²) in [6, 6.07) is 7.29. The van der Waals surface area contributed by atoms with Crippen molar-refractivity contribution in [3.05, 3.63) is 30.1 Å². The Labute approximate surface area is 96.5 Å². The Balaban J connectivity index is 2.08. The number of hydrogen-bond acceptors (Lipinski definition) is 2. The van der Waals surface area contributed by atoms with Crippen LogP contribution in [-0.2, 0) is 0 Å². The van der Waals surface area contributed by atoms with Crippen LogP contribution < -0.4 is 10.2 Å². The Morgan fingerprint density at radius 2 is 2.00 bits per heavy atom. The van der Waals surface area contributed by atoms with Crippen molar-refractivity contribution < 1.29 is 4.39 Å². The second-order valence-corrected chi connectivity index (χ2v) is 4.48. The molecule has 1 aliphatic rings. The van der Waals surface area contributed by atoms with E-state index in [2.05, 4.69) is 17.1 Å². The van der Waals surface area contributed by atoms with Gasteiger partial charge in [0, 0.05) is 24.8 Å². The number of halogens is 1. The Morgan fingerprint density at radius 1 is 1.25 bits per heavy atom. The molecule has 1 aromatic rings. The van der Waals surface area contributed by atoms with Crippen LogP contribution in [0.3, 0.4) is 0 Å². The van der Waals surface area contributed by atoms with Gasteiger partial charge in [0.25, 0.3) is 0 Å². The normalized spacial score (nSPS) is 22.6. The molecule has 1 aromatic carbocycles. The zero-order valence-corrected chi connectivity index (χ0v) is 9.75. The van der Waals surface area contributed by atoms with Gasteiger partial charge < -0.3 is 10.2 Å². The molecule has 1 aliphatic heterocycles. The van der Waals surface area contributed by atoms with Gasteiger partial charge in [-0.2, -0.15) is 0 Å². The molecule has 16 heavy (non-hydrogen) atoms. The molecule has 0 aromatic heterocycles. The van der Waals surface area contributed by atoms with E-state index in [0.717, 1.165) is 25.3 Å². The van der Waals surface area contributed by atoms with Gasteiger partial charge in [0.15, 0.2) is 0 Å². The van der Waals surface area contributed by atoms with Crippen molar-refractivity contribution >= 4 is 5.69 Å². The van der Waals surface area contributed by atoms with Gasteiger partial charge in [0.1, 0.15) is 5.82 Å². The van der Waals surface area contributed by atoms with Crippen molar-refractivity contribution in [2.75, 3.05) is 24.5 Å². The molecule has 3 heteroatoms. The van der Waals surface area contributed by atoms with Gasteiger partial charge in [0.05, 0.1) is 0 Å². The van der Waals surface area contributed by atoms with E-state index in [1.54, 1.807) is 0 Å². The molecule has 2 rings (SSSR count). The average Bonchev–Trinajstić information content (AvgIpc) is 2.24. The van der Waals surface area contributed by atoms with E-state index in [1.165, 1.54) is 25.0 Å². The summed E-state index contributed by atoms with van der Waals surface area (Å²) in [7, 11) is 0. The van der Waals surface area contributed by atoms with E-state index in [9.17, 15) is 4.39 Å². The summed E-state index contributed by atoms with van der Waals surface area (Å²) >= 11 is 0. The molecule has 1 fully saturated rings. The third-order valence-corrected chi connectivity index (χ3v) is 3.03. The fraction of sp³-hybridized carbons (Fsp3) is 0.538. The third kappa shape index (κ3) is 2.95. The van der Waals surface area contributed by atoms with Crippen LogP contribution in [0.2, 0.25) is 0 Å². The number of benzene rings is 1. The molecule has 0 spiro atoms. The lowest BCUT2D eigenvalue weighted by molar-refractivity contribution is 0.485. The first-order valence-corrected chi connectivity index (χ1v) is 5.99. The van der Waals surface area contributed by atoms with Crippen molar-refractivity contribution in [3.8, 4) is 0 Å². The molecule has 0 bridgehead atoms. The van der Waals surface area contributed by atoms with Crippen LogP contribution in [0.1, 0.15) is 19.8 Å². The lowest BCUT2D eigenvalue weighted by atomic mass is 10.1. The molecule has 1 unspecified atom stereocenters. The van der Waals surface area contributed by atoms with Gasteiger partial charge in [0.2, 0.25) is 0 Å². The van der Waals surface area contributed by atoms with Gasteiger partial charge in [-0.25, -0.2) is 4.39 Å².